The number of rotatable bonds is 4. The number of amides is 1. The number of anilines is 1. The molecule has 6 heteroatoms. The summed E-state index contributed by atoms with van der Waals surface area (Å²) in [5, 5.41) is 5.18. The van der Waals surface area contributed by atoms with Gasteiger partial charge >= 0.3 is 0 Å². The smallest absolute Gasteiger partial charge is 0.234 e. The molecule has 24 heavy (non-hydrogen) atoms. The quantitative estimate of drug-likeness (QED) is 0.546. The van der Waals surface area contributed by atoms with Gasteiger partial charge in [0.05, 0.1) is 22.0 Å². The van der Waals surface area contributed by atoms with Crippen molar-refractivity contribution in [1.82, 2.24) is 9.97 Å². The molecule has 0 saturated carbocycles. The molecule has 0 radical (unpaired) electrons. The molecule has 2 aromatic carbocycles. The lowest BCUT2D eigenvalue weighted by molar-refractivity contribution is -0.113. The number of aryl methyl sites for hydroxylation is 2. The fourth-order valence-electron chi connectivity index (χ4n) is 2.48. The minimum absolute atomic E-state index is 0.114. The molecule has 0 unspecified atom stereocenters. The number of aromatic nitrogens is 2. The van der Waals surface area contributed by atoms with Gasteiger partial charge in [0.1, 0.15) is 11.4 Å². The van der Waals surface area contributed by atoms with E-state index in [-0.39, 0.29) is 11.7 Å². The fraction of sp³-hybridized carbons (Fsp3) is 0.167. The Morgan fingerprint density at radius 2 is 2.00 bits per heavy atom. The highest BCUT2D eigenvalue weighted by atomic mass is 35.5. The van der Waals surface area contributed by atoms with Crippen LogP contribution in [0.2, 0.25) is 5.02 Å². The van der Waals surface area contributed by atoms with Crippen LogP contribution in [0.1, 0.15) is 11.1 Å². The van der Waals surface area contributed by atoms with Gasteiger partial charge in [0.25, 0.3) is 0 Å². The van der Waals surface area contributed by atoms with E-state index in [4.69, 9.17) is 11.6 Å². The molecule has 122 valence electrons. The van der Waals surface area contributed by atoms with Gasteiger partial charge in [-0.1, -0.05) is 47.6 Å². The molecule has 0 atom stereocenters. The van der Waals surface area contributed by atoms with Gasteiger partial charge < -0.3 is 5.32 Å². The molecular formula is C18H16ClN3OS. The molecule has 1 N–H and O–H groups in total. The second-order valence-electron chi connectivity index (χ2n) is 5.47. The number of carbonyl (C=O) groups excluding carboxylic acids is 1. The van der Waals surface area contributed by atoms with Crippen molar-refractivity contribution in [2.24, 2.45) is 0 Å². The maximum Gasteiger partial charge on any atom is 0.234 e. The number of halogens is 1. The first-order valence-corrected chi connectivity index (χ1v) is 8.80. The highest BCUT2D eigenvalue weighted by molar-refractivity contribution is 8.00. The number of fused-ring (bicyclic) bond motifs is 1. The van der Waals surface area contributed by atoms with E-state index in [0.717, 1.165) is 27.1 Å². The number of nitrogens with one attached hydrogen (secondary N) is 1. The van der Waals surface area contributed by atoms with Crippen molar-refractivity contribution >= 4 is 45.9 Å². The first-order valence-electron chi connectivity index (χ1n) is 7.44. The summed E-state index contributed by atoms with van der Waals surface area (Å²) >= 11 is 7.62. The number of hydrogen-bond acceptors (Lipinski definition) is 4. The van der Waals surface area contributed by atoms with E-state index in [1.807, 2.05) is 50.2 Å². The van der Waals surface area contributed by atoms with Gasteiger partial charge in [0, 0.05) is 5.39 Å². The Hall–Kier alpha value is -2.11. The molecule has 0 spiro atoms. The molecule has 0 aliphatic heterocycles. The highest BCUT2D eigenvalue weighted by Gasteiger charge is 2.11. The molecule has 3 aromatic rings. The van der Waals surface area contributed by atoms with Crippen LogP contribution in [0.5, 0.6) is 0 Å². The van der Waals surface area contributed by atoms with Gasteiger partial charge in [-0.2, -0.15) is 0 Å². The van der Waals surface area contributed by atoms with Crippen molar-refractivity contribution < 1.29 is 4.79 Å². The Labute approximate surface area is 149 Å². The van der Waals surface area contributed by atoms with E-state index < -0.39 is 0 Å². The topological polar surface area (TPSA) is 54.9 Å². The Morgan fingerprint density at radius 1 is 1.21 bits per heavy atom. The first-order chi connectivity index (χ1) is 11.5. The zero-order chi connectivity index (χ0) is 17.1. The van der Waals surface area contributed by atoms with Crippen LogP contribution >= 0.6 is 23.4 Å². The van der Waals surface area contributed by atoms with Gasteiger partial charge in [0.2, 0.25) is 5.91 Å². The highest BCUT2D eigenvalue weighted by Crippen LogP contribution is 2.28. The molecule has 1 aromatic heterocycles. The Balaban J connectivity index is 1.72. The van der Waals surface area contributed by atoms with Crippen LogP contribution in [-0.4, -0.2) is 21.6 Å². The number of carbonyl (C=O) groups is 1. The molecule has 3 rings (SSSR count). The summed E-state index contributed by atoms with van der Waals surface area (Å²) < 4.78 is 0. The summed E-state index contributed by atoms with van der Waals surface area (Å²) in [6.45, 7) is 3.90. The largest absolute Gasteiger partial charge is 0.324 e. The maximum atomic E-state index is 12.3. The number of hydrogen-bond donors (Lipinski definition) is 1. The second-order valence-corrected chi connectivity index (χ2v) is 6.84. The van der Waals surface area contributed by atoms with E-state index in [9.17, 15) is 4.79 Å². The molecule has 4 nitrogen and oxygen atoms in total. The number of para-hydroxylation sites is 1. The summed E-state index contributed by atoms with van der Waals surface area (Å²) in [5.41, 5.74) is 3.55. The molecule has 1 amide bonds. The van der Waals surface area contributed by atoms with Crippen molar-refractivity contribution in [3.8, 4) is 0 Å². The van der Waals surface area contributed by atoms with Crippen molar-refractivity contribution in [3.63, 3.8) is 0 Å². The second kappa shape index (κ2) is 7.20. The molecular weight excluding hydrogens is 342 g/mol. The Morgan fingerprint density at radius 3 is 2.79 bits per heavy atom. The van der Waals surface area contributed by atoms with Gasteiger partial charge in [-0.15, -0.1) is 0 Å². The zero-order valence-electron chi connectivity index (χ0n) is 13.3. The SMILES string of the molecule is Cc1cc(C)c(NC(=O)CSc2ncnc3ccccc23)c(Cl)c1. The number of nitrogens with zero attached hydrogens (tertiary/aromatic N) is 2. The summed E-state index contributed by atoms with van der Waals surface area (Å²) in [4.78, 5) is 20.8. The van der Waals surface area contributed by atoms with E-state index in [0.29, 0.717) is 10.7 Å². The third-order valence-electron chi connectivity index (χ3n) is 3.54. The van der Waals surface area contributed by atoms with Crippen LogP contribution < -0.4 is 5.32 Å². The molecule has 0 aliphatic carbocycles. The molecule has 0 fully saturated rings. The van der Waals surface area contributed by atoms with Gasteiger partial charge in [-0.05, 0) is 37.1 Å². The summed E-state index contributed by atoms with van der Waals surface area (Å²) in [5.74, 6) is 0.140. The summed E-state index contributed by atoms with van der Waals surface area (Å²) in [6, 6.07) is 11.6. The average Bonchev–Trinajstić information content (AvgIpc) is 2.56. The third-order valence-corrected chi connectivity index (χ3v) is 4.85. The normalized spacial score (nSPS) is 10.8. The lowest BCUT2D eigenvalue weighted by atomic mass is 10.1. The van der Waals surface area contributed by atoms with Gasteiger partial charge in [0.15, 0.2) is 0 Å². The third kappa shape index (κ3) is 3.68. The molecule has 1 heterocycles. The van der Waals surface area contributed by atoms with Crippen LogP contribution in [0.25, 0.3) is 10.9 Å². The Kier molecular flexibility index (Phi) is 5.02. The summed E-state index contributed by atoms with van der Waals surface area (Å²) in [7, 11) is 0. The first kappa shape index (κ1) is 16.7. The predicted molar refractivity (Wildman–Crippen MR) is 99.8 cm³/mol. The lowest BCUT2D eigenvalue weighted by Crippen LogP contribution is -2.15. The predicted octanol–water partition coefficient (Wildman–Crippen LogP) is 4.63. The van der Waals surface area contributed by atoms with Gasteiger partial charge in [-0.25, -0.2) is 9.97 Å². The fourth-order valence-corrected chi connectivity index (χ4v) is 3.64. The zero-order valence-corrected chi connectivity index (χ0v) is 14.9. The van der Waals surface area contributed by atoms with Crippen LogP contribution in [0.4, 0.5) is 5.69 Å². The molecule has 0 bridgehead atoms. The maximum absolute atomic E-state index is 12.3. The van der Waals surface area contributed by atoms with Crippen molar-refractivity contribution in [3.05, 3.63) is 58.9 Å². The van der Waals surface area contributed by atoms with Crippen LogP contribution in [0, 0.1) is 13.8 Å². The summed E-state index contributed by atoms with van der Waals surface area (Å²) in [6.07, 6.45) is 1.52. The van der Waals surface area contributed by atoms with Gasteiger partial charge in [-0.3, -0.25) is 4.79 Å². The molecule has 0 saturated heterocycles. The van der Waals surface area contributed by atoms with Crippen molar-refractivity contribution in [2.75, 3.05) is 11.1 Å². The van der Waals surface area contributed by atoms with Crippen molar-refractivity contribution in [2.45, 2.75) is 18.9 Å². The van der Waals surface area contributed by atoms with Crippen molar-refractivity contribution in [1.29, 1.82) is 0 Å². The van der Waals surface area contributed by atoms with E-state index in [2.05, 4.69) is 15.3 Å². The minimum Gasteiger partial charge on any atom is -0.324 e. The van der Waals surface area contributed by atoms with Crippen LogP contribution in [0.15, 0.2) is 47.8 Å². The molecule has 0 aliphatic rings. The van der Waals surface area contributed by atoms with Crippen LogP contribution in [0.3, 0.4) is 0 Å². The van der Waals surface area contributed by atoms with Crippen LogP contribution in [-0.2, 0) is 4.79 Å². The van der Waals surface area contributed by atoms with E-state index in [1.54, 1.807) is 0 Å². The Bertz CT molecular complexity index is 885. The lowest BCUT2D eigenvalue weighted by Gasteiger charge is -2.11. The van der Waals surface area contributed by atoms with E-state index in [1.165, 1.54) is 18.1 Å². The minimum atomic E-state index is -0.114. The number of thioether (sulfide) groups is 1. The standard InChI is InChI=1S/C18H16ClN3OS/c1-11-7-12(2)17(14(19)8-11)22-16(23)9-24-18-13-5-3-4-6-15(13)20-10-21-18/h3-8,10H,9H2,1-2H3,(H,22,23). The number of benzene rings is 2. The van der Waals surface area contributed by atoms with E-state index >= 15 is 0 Å². The average molecular weight is 358 g/mol. The monoisotopic (exact) mass is 357 g/mol.